The van der Waals surface area contributed by atoms with Crippen molar-refractivity contribution in [3.8, 4) is 0 Å². The van der Waals surface area contributed by atoms with Gasteiger partial charge in [0.15, 0.2) is 0 Å². The summed E-state index contributed by atoms with van der Waals surface area (Å²) in [4.78, 5) is 14.2. The molecule has 1 spiro atoms. The van der Waals surface area contributed by atoms with Gasteiger partial charge in [-0.2, -0.15) is 0 Å². The highest BCUT2D eigenvalue weighted by Crippen LogP contribution is 2.48. The number of hydrogen-bond acceptors (Lipinski definition) is 3. The van der Waals surface area contributed by atoms with Crippen LogP contribution in [0.4, 0.5) is 4.79 Å². The Hall–Kier alpha value is -1.49. The lowest BCUT2D eigenvalue weighted by atomic mass is 9.70. The Morgan fingerprint density at radius 1 is 1.46 bits per heavy atom. The van der Waals surface area contributed by atoms with E-state index in [2.05, 4.69) is 42.2 Å². The topological polar surface area (TPSA) is 46.5 Å². The molecule has 0 saturated carbocycles. The summed E-state index contributed by atoms with van der Waals surface area (Å²) in [5.41, 5.74) is 1.08. The predicted molar refractivity (Wildman–Crippen MR) is 94.9 cm³/mol. The van der Waals surface area contributed by atoms with Gasteiger partial charge in [0, 0.05) is 50.0 Å². The maximum absolute atomic E-state index is 12.3. The van der Waals surface area contributed by atoms with Crippen molar-refractivity contribution in [2.75, 3.05) is 19.6 Å². The lowest BCUT2D eigenvalue weighted by molar-refractivity contribution is 0.0216. The number of aromatic nitrogens is 1. The third-order valence-corrected chi connectivity index (χ3v) is 4.99. The molecule has 1 amide bonds. The molecule has 24 heavy (non-hydrogen) atoms. The van der Waals surface area contributed by atoms with Crippen molar-refractivity contribution in [2.24, 2.45) is 11.3 Å². The first-order chi connectivity index (χ1) is 11.2. The second-order valence-electron chi connectivity index (χ2n) is 8.86. The summed E-state index contributed by atoms with van der Waals surface area (Å²) in [5.74, 6) is 0.641. The molecule has 2 atom stereocenters. The average Bonchev–Trinajstić information content (AvgIpc) is 3.03. The van der Waals surface area contributed by atoms with E-state index in [1.165, 1.54) is 5.56 Å². The fourth-order valence-corrected chi connectivity index (χ4v) is 3.89. The van der Waals surface area contributed by atoms with Crippen molar-refractivity contribution >= 4 is 6.09 Å². The zero-order valence-electron chi connectivity index (χ0n) is 15.6. The summed E-state index contributed by atoms with van der Waals surface area (Å²) in [6.07, 6.45) is 5.29. The Morgan fingerprint density at radius 3 is 2.79 bits per heavy atom. The normalized spacial score (nSPS) is 26.9. The summed E-state index contributed by atoms with van der Waals surface area (Å²) in [6.45, 7) is 13.8. The molecule has 1 aromatic heterocycles. The van der Waals surface area contributed by atoms with Crippen LogP contribution in [0.5, 0.6) is 0 Å². The van der Waals surface area contributed by atoms with Gasteiger partial charge in [-0.05, 0) is 44.7 Å². The molecule has 134 valence electrons. The Bertz CT molecular complexity index is 602. The van der Waals surface area contributed by atoms with Gasteiger partial charge in [0.2, 0.25) is 0 Å². The quantitative estimate of drug-likeness (QED) is 0.922. The molecule has 3 heterocycles. The molecule has 0 bridgehead atoms. The number of amides is 1. The monoisotopic (exact) mass is 333 g/mol. The summed E-state index contributed by atoms with van der Waals surface area (Å²) in [7, 11) is 0. The number of nitrogens with zero attached hydrogens (tertiary/aromatic N) is 2. The van der Waals surface area contributed by atoms with Crippen LogP contribution >= 0.6 is 0 Å². The average molecular weight is 333 g/mol. The van der Waals surface area contributed by atoms with Crippen molar-refractivity contribution < 1.29 is 9.53 Å². The van der Waals surface area contributed by atoms with Crippen molar-refractivity contribution in [1.82, 2.24) is 14.8 Å². The zero-order valence-corrected chi connectivity index (χ0v) is 15.6. The first kappa shape index (κ1) is 17.3. The molecule has 0 unspecified atom stereocenters. The highest BCUT2D eigenvalue weighted by Gasteiger charge is 2.52. The molecule has 3 rings (SSSR count). The van der Waals surface area contributed by atoms with Crippen LogP contribution in [0.15, 0.2) is 18.5 Å². The smallest absolute Gasteiger partial charge is 0.410 e. The SMILES string of the molecule is CC(C)Cn1ccc([C@@H]2NC[C@@]23CCN(C(=O)OC(C)(C)C)C3)c1. The number of carbonyl (C=O) groups is 1. The largest absolute Gasteiger partial charge is 0.444 e. The summed E-state index contributed by atoms with van der Waals surface area (Å²) in [6, 6.07) is 2.57. The highest BCUT2D eigenvalue weighted by atomic mass is 16.6. The second kappa shape index (κ2) is 6.10. The number of nitrogens with one attached hydrogen (secondary N) is 1. The molecule has 5 heteroatoms. The summed E-state index contributed by atoms with van der Waals surface area (Å²) >= 11 is 0. The first-order valence-corrected chi connectivity index (χ1v) is 9.05. The molecular formula is C19H31N3O2. The third-order valence-electron chi connectivity index (χ3n) is 4.99. The second-order valence-corrected chi connectivity index (χ2v) is 8.86. The van der Waals surface area contributed by atoms with E-state index in [1.54, 1.807) is 0 Å². The van der Waals surface area contributed by atoms with Crippen molar-refractivity contribution in [2.45, 2.75) is 59.2 Å². The van der Waals surface area contributed by atoms with Crippen molar-refractivity contribution in [3.05, 3.63) is 24.0 Å². The minimum absolute atomic E-state index is 0.168. The fourth-order valence-electron chi connectivity index (χ4n) is 3.89. The van der Waals surface area contributed by atoms with E-state index >= 15 is 0 Å². The van der Waals surface area contributed by atoms with Gasteiger partial charge >= 0.3 is 6.09 Å². The maximum Gasteiger partial charge on any atom is 0.410 e. The lowest BCUT2D eigenvalue weighted by Gasteiger charge is -2.48. The molecular weight excluding hydrogens is 302 g/mol. The molecule has 2 fully saturated rings. The third kappa shape index (κ3) is 3.46. The molecule has 5 nitrogen and oxygen atoms in total. The van der Waals surface area contributed by atoms with Gasteiger partial charge in [-0.25, -0.2) is 4.79 Å². The van der Waals surface area contributed by atoms with Gasteiger partial charge in [-0.3, -0.25) is 0 Å². The van der Waals surface area contributed by atoms with Crippen LogP contribution in [0, 0.1) is 11.3 Å². The van der Waals surface area contributed by atoms with Crippen LogP contribution in [-0.4, -0.2) is 40.8 Å². The lowest BCUT2D eigenvalue weighted by Crippen LogP contribution is -2.57. The first-order valence-electron chi connectivity index (χ1n) is 9.05. The molecule has 1 N–H and O–H groups in total. The maximum atomic E-state index is 12.3. The molecule has 2 aliphatic rings. The van der Waals surface area contributed by atoms with Gasteiger partial charge in [-0.1, -0.05) is 13.8 Å². The van der Waals surface area contributed by atoms with Crippen molar-refractivity contribution in [3.63, 3.8) is 0 Å². The van der Waals surface area contributed by atoms with Crippen LogP contribution in [-0.2, 0) is 11.3 Å². The van der Waals surface area contributed by atoms with Crippen LogP contribution < -0.4 is 5.32 Å². The summed E-state index contributed by atoms with van der Waals surface area (Å²) < 4.78 is 7.81. The van der Waals surface area contributed by atoms with E-state index in [4.69, 9.17) is 4.74 Å². The molecule has 0 aromatic carbocycles. The van der Waals surface area contributed by atoms with Crippen LogP contribution in [0.1, 0.15) is 52.6 Å². The van der Waals surface area contributed by atoms with E-state index < -0.39 is 5.60 Å². The predicted octanol–water partition coefficient (Wildman–Crippen LogP) is 3.42. The fraction of sp³-hybridized carbons (Fsp3) is 0.737. The summed E-state index contributed by atoms with van der Waals surface area (Å²) in [5, 5.41) is 3.58. The standard InChI is InChI=1S/C19H31N3O2/c1-14(2)10-21-8-6-15(11-21)16-19(12-20-16)7-9-22(13-19)17(23)24-18(3,4)5/h6,8,11,14,16,20H,7,9-10,12-13H2,1-5H3/t16-,19+/m0/s1. The molecule has 0 radical (unpaired) electrons. The number of carbonyl (C=O) groups excluding carboxylic acids is 1. The van der Waals surface area contributed by atoms with Crippen LogP contribution in [0.25, 0.3) is 0 Å². The highest BCUT2D eigenvalue weighted by molar-refractivity contribution is 5.68. The minimum Gasteiger partial charge on any atom is -0.444 e. The zero-order chi connectivity index (χ0) is 17.5. The van der Waals surface area contributed by atoms with Gasteiger partial charge < -0.3 is 19.5 Å². The minimum atomic E-state index is -0.432. The Balaban J connectivity index is 1.65. The van der Waals surface area contributed by atoms with E-state index in [0.717, 1.165) is 32.6 Å². The molecule has 0 aliphatic carbocycles. The number of ether oxygens (including phenoxy) is 1. The van der Waals surface area contributed by atoms with Crippen LogP contribution in [0.2, 0.25) is 0 Å². The van der Waals surface area contributed by atoms with E-state index in [9.17, 15) is 4.79 Å². The molecule has 2 saturated heterocycles. The van der Waals surface area contributed by atoms with E-state index in [-0.39, 0.29) is 11.5 Å². The number of likely N-dealkylation sites (tertiary alicyclic amines) is 1. The van der Waals surface area contributed by atoms with Crippen LogP contribution in [0.3, 0.4) is 0 Å². The van der Waals surface area contributed by atoms with E-state index in [0.29, 0.717) is 12.0 Å². The van der Waals surface area contributed by atoms with Gasteiger partial charge in [-0.15, -0.1) is 0 Å². The van der Waals surface area contributed by atoms with Gasteiger partial charge in [0.05, 0.1) is 0 Å². The van der Waals surface area contributed by atoms with E-state index in [1.807, 2.05) is 25.7 Å². The Kier molecular flexibility index (Phi) is 4.41. The number of rotatable bonds is 3. The van der Waals surface area contributed by atoms with Gasteiger partial charge in [0.25, 0.3) is 0 Å². The van der Waals surface area contributed by atoms with Crippen molar-refractivity contribution in [1.29, 1.82) is 0 Å². The van der Waals surface area contributed by atoms with Gasteiger partial charge in [0.1, 0.15) is 5.60 Å². The molecule has 1 aromatic rings. The Labute approximate surface area is 145 Å². The molecule has 2 aliphatic heterocycles. The Morgan fingerprint density at radius 2 is 2.21 bits per heavy atom. The number of hydrogen-bond donors (Lipinski definition) is 1.